The molecular formula is C23H24N4O4S. The molecule has 32 heavy (non-hydrogen) atoms. The Morgan fingerprint density at radius 3 is 2.44 bits per heavy atom. The summed E-state index contributed by atoms with van der Waals surface area (Å²) in [6, 6.07) is 18.2. The number of hydrogen-bond donors (Lipinski definition) is 1. The summed E-state index contributed by atoms with van der Waals surface area (Å²) in [7, 11) is -4.00. The van der Waals surface area contributed by atoms with Crippen molar-refractivity contribution < 1.29 is 17.9 Å². The summed E-state index contributed by atoms with van der Waals surface area (Å²) in [5.41, 5.74) is 4.17. The lowest BCUT2D eigenvalue weighted by molar-refractivity contribution is -0.119. The summed E-state index contributed by atoms with van der Waals surface area (Å²) >= 11 is 0. The van der Waals surface area contributed by atoms with Crippen molar-refractivity contribution in [1.29, 1.82) is 0 Å². The number of nitrogens with zero attached hydrogens (tertiary/aromatic N) is 3. The number of carbonyl (C=O) groups is 1. The number of aryl methyl sites for hydroxylation is 1. The van der Waals surface area contributed by atoms with Crippen LogP contribution in [0.4, 0.5) is 5.69 Å². The van der Waals surface area contributed by atoms with Crippen LogP contribution >= 0.6 is 0 Å². The van der Waals surface area contributed by atoms with E-state index in [1.165, 1.54) is 18.3 Å². The Balaban J connectivity index is 1.85. The quantitative estimate of drug-likeness (QED) is 0.397. The first-order valence-electron chi connectivity index (χ1n) is 9.95. The first-order valence-corrected chi connectivity index (χ1v) is 11.4. The van der Waals surface area contributed by atoms with Gasteiger partial charge in [0.2, 0.25) is 0 Å². The number of pyridine rings is 1. The summed E-state index contributed by atoms with van der Waals surface area (Å²) in [5, 5.41) is 3.86. The van der Waals surface area contributed by atoms with E-state index in [0.717, 1.165) is 9.87 Å². The van der Waals surface area contributed by atoms with E-state index >= 15 is 0 Å². The Labute approximate surface area is 187 Å². The molecule has 1 N–H and O–H groups in total. The first kappa shape index (κ1) is 23.0. The van der Waals surface area contributed by atoms with Crippen molar-refractivity contribution in [2.75, 3.05) is 17.5 Å². The molecule has 0 spiro atoms. The van der Waals surface area contributed by atoms with E-state index in [9.17, 15) is 13.2 Å². The Bertz CT molecular complexity index is 1160. The number of aromatic nitrogens is 1. The Kier molecular flexibility index (Phi) is 7.56. The minimum atomic E-state index is -4.00. The molecule has 3 aromatic rings. The number of sulfonamides is 1. The van der Waals surface area contributed by atoms with E-state index in [2.05, 4.69) is 15.5 Å². The third-order valence-electron chi connectivity index (χ3n) is 4.41. The van der Waals surface area contributed by atoms with E-state index in [4.69, 9.17) is 4.74 Å². The standard InChI is InChI=1S/C23H24N4O4S/c1-3-31-21-11-9-20(10-12-21)27(32(29,30)22-13-7-18(2)8-14-22)17-23(28)26-25-16-19-6-4-5-15-24-19/h4-16H,3,17H2,1-2H3,(H,26,28)/b25-16-. The minimum absolute atomic E-state index is 0.0850. The molecule has 0 fully saturated rings. The molecule has 9 heteroatoms. The molecule has 0 bridgehead atoms. The van der Waals surface area contributed by atoms with Gasteiger partial charge in [-0.3, -0.25) is 14.1 Å². The van der Waals surface area contributed by atoms with Crippen LogP contribution in [0.1, 0.15) is 18.2 Å². The maximum atomic E-state index is 13.4. The van der Waals surface area contributed by atoms with Gasteiger partial charge >= 0.3 is 0 Å². The summed E-state index contributed by atoms with van der Waals surface area (Å²) < 4.78 is 33.2. The number of hydrazone groups is 1. The fourth-order valence-electron chi connectivity index (χ4n) is 2.82. The molecule has 0 aliphatic carbocycles. The molecule has 0 radical (unpaired) electrons. The average Bonchev–Trinajstić information content (AvgIpc) is 2.79. The topological polar surface area (TPSA) is 101 Å². The summed E-state index contributed by atoms with van der Waals surface area (Å²) in [6.07, 6.45) is 2.98. The number of rotatable bonds is 9. The van der Waals surface area contributed by atoms with Crippen molar-refractivity contribution in [2.45, 2.75) is 18.7 Å². The molecule has 0 saturated carbocycles. The smallest absolute Gasteiger partial charge is 0.264 e. The van der Waals surface area contributed by atoms with Gasteiger partial charge < -0.3 is 4.74 Å². The predicted octanol–water partition coefficient (Wildman–Crippen LogP) is 3.13. The van der Waals surface area contributed by atoms with Gasteiger partial charge in [-0.1, -0.05) is 23.8 Å². The van der Waals surface area contributed by atoms with Crippen LogP contribution in [-0.2, 0) is 14.8 Å². The van der Waals surface area contributed by atoms with Gasteiger partial charge in [-0.25, -0.2) is 13.8 Å². The molecule has 0 aliphatic rings. The molecule has 2 aromatic carbocycles. The average molecular weight is 453 g/mol. The second kappa shape index (κ2) is 10.5. The van der Waals surface area contributed by atoms with E-state index in [0.29, 0.717) is 23.7 Å². The molecule has 1 heterocycles. The van der Waals surface area contributed by atoms with Crippen molar-refractivity contribution in [3.63, 3.8) is 0 Å². The minimum Gasteiger partial charge on any atom is -0.494 e. The van der Waals surface area contributed by atoms with Crippen LogP contribution < -0.4 is 14.5 Å². The lowest BCUT2D eigenvalue weighted by Crippen LogP contribution is -2.39. The van der Waals surface area contributed by atoms with E-state index in [1.807, 2.05) is 13.8 Å². The van der Waals surface area contributed by atoms with Crippen LogP contribution in [0.25, 0.3) is 0 Å². The lowest BCUT2D eigenvalue weighted by Gasteiger charge is -2.24. The van der Waals surface area contributed by atoms with Gasteiger partial charge in [0, 0.05) is 6.20 Å². The van der Waals surface area contributed by atoms with Crippen LogP contribution in [0.15, 0.2) is 82.9 Å². The summed E-state index contributed by atoms with van der Waals surface area (Å²) in [5.74, 6) is 0.00935. The largest absolute Gasteiger partial charge is 0.494 e. The Morgan fingerprint density at radius 1 is 1.09 bits per heavy atom. The zero-order valence-electron chi connectivity index (χ0n) is 17.8. The van der Waals surface area contributed by atoms with E-state index in [1.54, 1.807) is 60.8 Å². The second-order valence-electron chi connectivity index (χ2n) is 6.80. The third-order valence-corrected chi connectivity index (χ3v) is 6.19. The number of benzene rings is 2. The highest BCUT2D eigenvalue weighted by Crippen LogP contribution is 2.26. The number of hydrogen-bond acceptors (Lipinski definition) is 6. The molecule has 1 amide bonds. The zero-order valence-corrected chi connectivity index (χ0v) is 18.6. The van der Waals surface area contributed by atoms with Crippen molar-refractivity contribution in [1.82, 2.24) is 10.4 Å². The van der Waals surface area contributed by atoms with Crippen molar-refractivity contribution in [3.05, 3.63) is 84.2 Å². The van der Waals surface area contributed by atoms with Gasteiger partial charge in [-0.15, -0.1) is 0 Å². The van der Waals surface area contributed by atoms with Crippen molar-refractivity contribution in [3.8, 4) is 5.75 Å². The number of carbonyl (C=O) groups excluding carboxylic acids is 1. The highest BCUT2D eigenvalue weighted by atomic mass is 32.2. The number of amides is 1. The van der Waals surface area contributed by atoms with Crippen LogP contribution in [0, 0.1) is 6.92 Å². The van der Waals surface area contributed by atoms with Crippen LogP contribution in [0.3, 0.4) is 0 Å². The fraction of sp³-hybridized carbons (Fsp3) is 0.174. The van der Waals surface area contributed by atoms with E-state index in [-0.39, 0.29) is 4.90 Å². The van der Waals surface area contributed by atoms with Crippen molar-refractivity contribution in [2.24, 2.45) is 5.10 Å². The Hall–Kier alpha value is -3.72. The van der Waals surface area contributed by atoms with Crippen LogP contribution in [0.5, 0.6) is 5.75 Å². The number of ether oxygens (including phenoxy) is 1. The predicted molar refractivity (Wildman–Crippen MR) is 123 cm³/mol. The fourth-order valence-corrected chi connectivity index (χ4v) is 4.24. The monoisotopic (exact) mass is 452 g/mol. The molecule has 0 aliphatic heterocycles. The molecule has 3 rings (SSSR count). The highest BCUT2D eigenvalue weighted by Gasteiger charge is 2.27. The molecule has 1 aromatic heterocycles. The number of anilines is 1. The molecule has 8 nitrogen and oxygen atoms in total. The first-order chi connectivity index (χ1) is 15.4. The maximum absolute atomic E-state index is 13.4. The van der Waals surface area contributed by atoms with E-state index < -0.39 is 22.5 Å². The summed E-state index contributed by atoms with van der Waals surface area (Å²) in [4.78, 5) is 16.7. The molecule has 0 atom stereocenters. The SMILES string of the molecule is CCOc1ccc(N(CC(=O)N/N=C\c2ccccn2)S(=O)(=O)c2ccc(C)cc2)cc1. The van der Waals surface area contributed by atoms with Crippen LogP contribution in [0.2, 0.25) is 0 Å². The van der Waals surface area contributed by atoms with Crippen LogP contribution in [-0.4, -0.2) is 38.7 Å². The maximum Gasteiger partial charge on any atom is 0.264 e. The Morgan fingerprint density at radius 2 is 1.81 bits per heavy atom. The van der Waals surface area contributed by atoms with Gasteiger partial charge in [0.1, 0.15) is 12.3 Å². The van der Waals surface area contributed by atoms with Gasteiger partial charge in [0.05, 0.1) is 29.1 Å². The van der Waals surface area contributed by atoms with Gasteiger partial charge in [0.15, 0.2) is 0 Å². The lowest BCUT2D eigenvalue weighted by atomic mass is 10.2. The second-order valence-corrected chi connectivity index (χ2v) is 8.66. The normalized spacial score (nSPS) is 11.3. The summed E-state index contributed by atoms with van der Waals surface area (Å²) in [6.45, 7) is 3.76. The highest BCUT2D eigenvalue weighted by molar-refractivity contribution is 7.92. The van der Waals surface area contributed by atoms with Crippen molar-refractivity contribution >= 4 is 27.8 Å². The zero-order chi connectivity index (χ0) is 23.0. The van der Waals surface area contributed by atoms with Gasteiger partial charge in [-0.05, 0) is 62.4 Å². The molecule has 166 valence electrons. The van der Waals surface area contributed by atoms with Gasteiger partial charge in [0.25, 0.3) is 15.9 Å². The molecular weight excluding hydrogens is 428 g/mol. The number of nitrogens with one attached hydrogen (secondary N) is 1. The molecule has 0 saturated heterocycles. The molecule has 0 unspecified atom stereocenters. The van der Waals surface area contributed by atoms with Gasteiger partial charge in [-0.2, -0.15) is 5.10 Å². The third kappa shape index (κ3) is 5.92.